The second-order valence-electron chi connectivity index (χ2n) is 2.84. The van der Waals surface area contributed by atoms with E-state index in [2.05, 4.69) is 29.4 Å². The van der Waals surface area contributed by atoms with E-state index >= 15 is 0 Å². The second-order valence-corrected chi connectivity index (χ2v) is 2.84. The Morgan fingerprint density at radius 2 is 2.20 bits per heavy atom. The first kappa shape index (κ1) is 5.83. The van der Waals surface area contributed by atoms with Gasteiger partial charge in [0.05, 0.1) is 6.67 Å². The van der Waals surface area contributed by atoms with Crippen LogP contribution in [0.4, 0.5) is 0 Å². The molecule has 0 amide bonds. The lowest BCUT2D eigenvalue weighted by Gasteiger charge is -2.14. The molecule has 0 atom stereocenters. The van der Waals surface area contributed by atoms with Crippen molar-refractivity contribution in [1.29, 1.82) is 0 Å². The van der Waals surface area contributed by atoms with E-state index in [-0.39, 0.29) is 0 Å². The molecule has 0 saturated carbocycles. The summed E-state index contributed by atoms with van der Waals surface area (Å²) in [6.07, 6.45) is 6.67. The quantitative estimate of drug-likeness (QED) is 0.500. The van der Waals surface area contributed by atoms with Crippen molar-refractivity contribution in [2.24, 2.45) is 0 Å². The lowest BCUT2D eigenvalue weighted by Crippen LogP contribution is -2.18. The fraction of sp³-hybridized carbons (Fsp3) is 0.500. The van der Waals surface area contributed by atoms with Crippen LogP contribution >= 0.6 is 0 Å². The van der Waals surface area contributed by atoms with Crippen molar-refractivity contribution in [1.82, 2.24) is 10.2 Å². The molecule has 1 heterocycles. The highest BCUT2D eigenvalue weighted by Gasteiger charge is 2.17. The van der Waals surface area contributed by atoms with Gasteiger partial charge in [0.2, 0.25) is 0 Å². The third kappa shape index (κ3) is 0.719. The lowest BCUT2D eigenvalue weighted by atomic mass is 10.1. The summed E-state index contributed by atoms with van der Waals surface area (Å²) in [5, 5.41) is 3.36. The maximum atomic E-state index is 3.36. The van der Waals surface area contributed by atoms with Crippen molar-refractivity contribution >= 4 is 0 Å². The number of nitrogens with zero attached hydrogens (tertiary/aromatic N) is 1. The summed E-state index contributed by atoms with van der Waals surface area (Å²) in [5.74, 6) is 0. The Morgan fingerprint density at radius 1 is 1.40 bits per heavy atom. The number of hydrogen-bond donors (Lipinski definition) is 1. The van der Waals surface area contributed by atoms with Crippen LogP contribution in [0.2, 0.25) is 0 Å². The van der Waals surface area contributed by atoms with Gasteiger partial charge in [0.25, 0.3) is 0 Å². The normalized spacial score (nSPS) is 23.1. The molecule has 54 valence electrons. The van der Waals surface area contributed by atoms with E-state index in [1.807, 2.05) is 0 Å². The van der Waals surface area contributed by atoms with Crippen molar-refractivity contribution < 1.29 is 0 Å². The molecule has 10 heavy (non-hydrogen) atoms. The Labute approximate surface area is 61.2 Å². The SMILES string of the molecule is CN1CNC2=C1CC=CC2. The molecule has 0 unspecified atom stereocenters. The van der Waals surface area contributed by atoms with E-state index in [0.717, 1.165) is 19.5 Å². The number of hydrogen-bond acceptors (Lipinski definition) is 2. The molecule has 0 bridgehead atoms. The number of nitrogens with one attached hydrogen (secondary N) is 1. The van der Waals surface area contributed by atoms with Crippen LogP contribution < -0.4 is 5.32 Å². The zero-order chi connectivity index (χ0) is 6.97. The Bertz CT molecular complexity index is 203. The minimum Gasteiger partial charge on any atom is -0.369 e. The minimum absolute atomic E-state index is 0.992. The maximum absolute atomic E-state index is 3.36. The fourth-order valence-electron chi connectivity index (χ4n) is 1.51. The molecule has 2 aliphatic rings. The standard InChI is InChI=1S/C8H12N2/c1-10-6-9-7-4-2-3-5-8(7)10/h2-3,9H,4-6H2,1H3. The zero-order valence-corrected chi connectivity index (χ0v) is 6.22. The van der Waals surface area contributed by atoms with Gasteiger partial charge in [-0.15, -0.1) is 0 Å². The van der Waals surface area contributed by atoms with Gasteiger partial charge < -0.3 is 10.2 Å². The van der Waals surface area contributed by atoms with Crippen molar-refractivity contribution in [3.8, 4) is 0 Å². The van der Waals surface area contributed by atoms with Crippen molar-refractivity contribution in [2.75, 3.05) is 13.7 Å². The van der Waals surface area contributed by atoms with Gasteiger partial charge >= 0.3 is 0 Å². The van der Waals surface area contributed by atoms with E-state index in [0.29, 0.717) is 0 Å². The molecule has 0 aromatic carbocycles. The molecule has 0 spiro atoms. The Kier molecular flexibility index (Phi) is 1.19. The van der Waals surface area contributed by atoms with Gasteiger partial charge in [-0.3, -0.25) is 0 Å². The largest absolute Gasteiger partial charge is 0.369 e. The molecule has 1 N–H and O–H groups in total. The molecule has 1 aliphatic carbocycles. The summed E-state index contributed by atoms with van der Waals surface area (Å²) in [6.45, 7) is 0.992. The molecule has 2 rings (SSSR count). The third-order valence-corrected chi connectivity index (χ3v) is 2.14. The van der Waals surface area contributed by atoms with Crippen LogP contribution in [0.5, 0.6) is 0 Å². The van der Waals surface area contributed by atoms with Crippen LogP contribution in [0.1, 0.15) is 12.8 Å². The smallest absolute Gasteiger partial charge is 0.0869 e. The average Bonchev–Trinajstić information content (AvgIpc) is 2.34. The summed E-state index contributed by atoms with van der Waals surface area (Å²) in [5.41, 5.74) is 2.90. The van der Waals surface area contributed by atoms with Crippen LogP contribution in [0.15, 0.2) is 23.5 Å². The molecule has 1 aliphatic heterocycles. The molecule has 0 aromatic rings. The van der Waals surface area contributed by atoms with Crippen LogP contribution in [0, 0.1) is 0 Å². The number of allylic oxidation sites excluding steroid dienone is 2. The van der Waals surface area contributed by atoms with E-state index < -0.39 is 0 Å². The predicted molar refractivity (Wildman–Crippen MR) is 41.2 cm³/mol. The second kappa shape index (κ2) is 2.04. The van der Waals surface area contributed by atoms with E-state index in [4.69, 9.17) is 0 Å². The first-order chi connectivity index (χ1) is 4.88. The van der Waals surface area contributed by atoms with Gasteiger partial charge in [0, 0.05) is 31.3 Å². The van der Waals surface area contributed by atoms with Crippen molar-refractivity contribution in [3.05, 3.63) is 23.5 Å². The highest BCUT2D eigenvalue weighted by molar-refractivity contribution is 5.24. The summed E-state index contributed by atoms with van der Waals surface area (Å²) < 4.78 is 0. The first-order valence-corrected chi connectivity index (χ1v) is 3.70. The monoisotopic (exact) mass is 136 g/mol. The predicted octanol–water partition coefficient (Wildman–Crippen LogP) is 1.04. The van der Waals surface area contributed by atoms with Gasteiger partial charge in [-0.2, -0.15) is 0 Å². The molecule has 0 aromatic heterocycles. The van der Waals surface area contributed by atoms with Crippen LogP contribution in [0.3, 0.4) is 0 Å². The molecular formula is C8H12N2. The van der Waals surface area contributed by atoms with E-state index in [9.17, 15) is 0 Å². The van der Waals surface area contributed by atoms with Crippen LogP contribution in [-0.4, -0.2) is 18.6 Å². The fourth-order valence-corrected chi connectivity index (χ4v) is 1.51. The molecular weight excluding hydrogens is 124 g/mol. The van der Waals surface area contributed by atoms with Gasteiger partial charge in [-0.05, 0) is 0 Å². The Balaban J connectivity index is 2.23. The van der Waals surface area contributed by atoms with E-state index in [1.54, 1.807) is 0 Å². The highest BCUT2D eigenvalue weighted by Crippen LogP contribution is 2.23. The first-order valence-electron chi connectivity index (χ1n) is 3.70. The third-order valence-electron chi connectivity index (χ3n) is 2.14. The highest BCUT2D eigenvalue weighted by atomic mass is 15.3. The van der Waals surface area contributed by atoms with Crippen molar-refractivity contribution in [3.63, 3.8) is 0 Å². The summed E-state index contributed by atoms with van der Waals surface area (Å²) in [7, 11) is 2.13. The lowest BCUT2D eigenvalue weighted by molar-refractivity contribution is 0.434. The Morgan fingerprint density at radius 3 is 3.00 bits per heavy atom. The maximum Gasteiger partial charge on any atom is 0.0869 e. The topological polar surface area (TPSA) is 15.3 Å². The molecule has 0 saturated heterocycles. The van der Waals surface area contributed by atoms with Gasteiger partial charge in [-0.1, -0.05) is 12.2 Å². The van der Waals surface area contributed by atoms with Gasteiger partial charge in [-0.25, -0.2) is 0 Å². The number of rotatable bonds is 0. The van der Waals surface area contributed by atoms with Crippen LogP contribution in [-0.2, 0) is 0 Å². The Hall–Kier alpha value is -0.920. The van der Waals surface area contributed by atoms with E-state index in [1.165, 1.54) is 11.4 Å². The van der Waals surface area contributed by atoms with Crippen molar-refractivity contribution in [2.45, 2.75) is 12.8 Å². The summed E-state index contributed by atoms with van der Waals surface area (Å²) in [4.78, 5) is 2.28. The molecule has 0 radical (unpaired) electrons. The summed E-state index contributed by atoms with van der Waals surface area (Å²) >= 11 is 0. The molecule has 0 fully saturated rings. The average molecular weight is 136 g/mol. The van der Waals surface area contributed by atoms with Crippen LogP contribution in [0.25, 0.3) is 0 Å². The molecule has 2 heteroatoms. The molecule has 2 nitrogen and oxygen atoms in total. The zero-order valence-electron chi connectivity index (χ0n) is 6.22. The van der Waals surface area contributed by atoms with Gasteiger partial charge in [0.1, 0.15) is 0 Å². The minimum atomic E-state index is 0.992. The summed E-state index contributed by atoms with van der Waals surface area (Å²) in [6, 6.07) is 0. The van der Waals surface area contributed by atoms with Gasteiger partial charge in [0.15, 0.2) is 0 Å².